The summed E-state index contributed by atoms with van der Waals surface area (Å²) in [5.41, 5.74) is 3.75. The first kappa shape index (κ1) is 22.3. The summed E-state index contributed by atoms with van der Waals surface area (Å²) < 4.78 is 10.6. The number of carbonyl (C=O) groups is 2. The summed E-state index contributed by atoms with van der Waals surface area (Å²) in [7, 11) is 0. The molecule has 33 heavy (non-hydrogen) atoms. The Morgan fingerprint density at radius 1 is 1.09 bits per heavy atom. The molecule has 0 aliphatic carbocycles. The quantitative estimate of drug-likeness (QED) is 0.377. The zero-order valence-corrected chi connectivity index (χ0v) is 18.9. The third kappa shape index (κ3) is 6.30. The highest BCUT2D eigenvalue weighted by Crippen LogP contribution is 2.22. The minimum absolute atomic E-state index is 0.113. The van der Waals surface area contributed by atoms with E-state index in [1.807, 2.05) is 24.4 Å². The van der Waals surface area contributed by atoms with Gasteiger partial charge >= 0.3 is 0 Å². The van der Waals surface area contributed by atoms with E-state index < -0.39 is 0 Å². The van der Waals surface area contributed by atoms with Crippen molar-refractivity contribution in [3.8, 4) is 17.0 Å². The maximum absolute atomic E-state index is 12.1. The lowest BCUT2D eigenvalue weighted by Gasteiger charge is -2.09. The molecule has 2 N–H and O–H groups in total. The fourth-order valence-electron chi connectivity index (χ4n) is 3.15. The lowest BCUT2D eigenvalue weighted by atomic mass is 10.1. The number of nitrogens with one attached hydrogen (secondary N) is 2. The highest BCUT2D eigenvalue weighted by atomic mass is 32.1. The van der Waals surface area contributed by atoms with E-state index in [4.69, 9.17) is 9.15 Å². The van der Waals surface area contributed by atoms with E-state index >= 15 is 0 Å². The summed E-state index contributed by atoms with van der Waals surface area (Å²) in [6.45, 7) is 2.39. The number of amides is 2. The van der Waals surface area contributed by atoms with Gasteiger partial charge in [0.15, 0.2) is 12.4 Å². The highest BCUT2D eigenvalue weighted by Gasteiger charge is 2.10. The second kappa shape index (κ2) is 10.6. The summed E-state index contributed by atoms with van der Waals surface area (Å²) in [5.74, 6) is 0.128. The summed E-state index contributed by atoms with van der Waals surface area (Å²) in [4.78, 5) is 28.7. The van der Waals surface area contributed by atoms with Gasteiger partial charge in [-0.05, 0) is 43.2 Å². The van der Waals surface area contributed by atoms with Crippen LogP contribution in [0.5, 0.6) is 5.75 Å². The van der Waals surface area contributed by atoms with Crippen LogP contribution in [0.4, 0.5) is 5.69 Å². The number of furan rings is 1. The van der Waals surface area contributed by atoms with Crippen molar-refractivity contribution >= 4 is 28.8 Å². The number of rotatable bonds is 9. The van der Waals surface area contributed by atoms with Gasteiger partial charge in [-0.15, -0.1) is 11.3 Å². The molecule has 8 heteroatoms. The molecule has 2 amide bonds. The lowest BCUT2D eigenvalue weighted by Crippen LogP contribution is -2.30. The van der Waals surface area contributed by atoms with Crippen LogP contribution in [0.2, 0.25) is 0 Å². The fraction of sp³-hybridized carbons (Fsp3) is 0.160. The average Bonchev–Trinajstić information content (AvgIpc) is 3.51. The second-order valence-corrected chi connectivity index (χ2v) is 8.36. The Hall–Kier alpha value is -3.91. The molecule has 2 aromatic carbocycles. The van der Waals surface area contributed by atoms with Crippen LogP contribution in [0.3, 0.4) is 0 Å². The maximum atomic E-state index is 12.1. The Morgan fingerprint density at radius 2 is 1.94 bits per heavy atom. The van der Waals surface area contributed by atoms with Crippen LogP contribution in [0.1, 0.15) is 21.1 Å². The molecular weight excluding hydrogens is 438 g/mol. The van der Waals surface area contributed by atoms with E-state index in [1.165, 1.54) is 6.26 Å². The summed E-state index contributed by atoms with van der Waals surface area (Å²) in [5, 5.41) is 8.68. The van der Waals surface area contributed by atoms with Gasteiger partial charge in [-0.25, -0.2) is 4.98 Å². The topological polar surface area (TPSA) is 93.5 Å². The number of aromatic nitrogens is 1. The van der Waals surface area contributed by atoms with Crippen LogP contribution in [0.15, 0.2) is 76.7 Å². The number of hydrogen-bond donors (Lipinski definition) is 2. The Balaban J connectivity index is 1.20. The Morgan fingerprint density at radius 3 is 2.67 bits per heavy atom. The fourth-order valence-corrected chi connectivity index (χ4v) is 3.77. The molecule has 0 spiro atoms. The highest BCUT2D eigenvalue weighted by molar-refractivity contribution is 7.09. The first-order chi connectivity index (χ1) is 16.1. The van der Waals surface area contributed by atoms with Gasteiger partial charge in [0, 0.05) is 29.2 Å². The third-order valence-corrected chi connectivity index (χ3v) is 5.58. The van der Waals surface area contributed by atoms with Crippen LogP contribution < -0.4 is 15.4 Å². The van der Waals surface area contributed by atoms with E-state index in [1.54, 1.807) is 47.7 Å². The summed E-state index contributed by atoms with van der Waals surface area (Å²) in [6, 6.07) is 18.3. The van der Waals surface area contributed by atoms with E-state index in [0.717, 1.165) is 28.2 Å². The number of anilines is 1. The average molecular weight is 462 g/mol. The molecule has 0 saturated carbocycles. The van der Waals surface area contributed by atoms with Crippen molar-refractivity contribution in [2.45, 2.75) is 13.3 Å². The predicted molar refractivity (Wildman–Crippen MR) is 128 cm³/mol. The summed E-state index contributed by atoms with van der Waals surface area (Å²) in [6.07, 6.45) is 2.15. The SMILES string of the molecule is Cc1nc(-c2ccc(CCNC(=O)COc3cccc(NC(=O)c4ccco4)c3)cc2)cs1. The van der Waals surface area contributed by atoms with Gasteiger partial charge < -0.3 is 19.8 Å². The first-order valence-electron chi connectivity index (χ1n) is 10.4. The maximum Gasteiger partial charge on any atom is 0.291 e. The Labute approximate surface area is 195 Å². The van der Waals surface area contributed by atoms with Crippen LogP contribution in [-0.2, 0) is 11.2 Å². The van der Waals surface area contributed by atoms with Gasteiger partial charge in [0.1, 0.15) is 5.75 Å². The second-order valence-electron chi connectivity index (χ2n) is 7.30. The smallest absolute Gasteiger partial charge is 0.291 e. The largest absolute Gasteiger partial charge is 0.484 e. The minimum atomic E-state index is -0.357. The number of hydrogen-bond acceptors (Lipinski definition) is 6. The van der Waals surface area contributed by atoms with Crippen molar-refractivity contribution in [2.24, 2.45) is 0 Å². The Bertz CT molecular complexity index is 1220. The van der Waals surface area contributed by atoms with Crippen molar-refractivity contribution < 1.29 is 18.7 Å². The van der Waals surface area contributed by atoms with Crippen LogP contribution >= 0.6 is 11.3 Å². The molecule has 0 radical (unpaired) electrons. The molecule has 0 aliphatic heterocycles. The molecule has 0 atom stereocenters. The molecule has 0 bridgehead atoms. The molecule has 0 unspecified atom stereocenters. The molecular formula is C25H23N3O4S. The molecule has 4 rings (SSSR count). The first-order valence-corrected chi connectivity index (χ1v) is 11.3. The van der Waals surface area contributed by atoms with E-state index in [0.29, 0.717) is 18.0 Å². The number of carbonyl (C=O) groups excluding carboxylic acids is 2. The number of benzene rings is 2. The molecule has 2 aromatic heterocycles. The van der Waals surface area contributed by atoms with Crippen molar-refractivity contribution in [3.63, 3.8) is 0 Å². The molecule has 0 fully saturated rings. The zero-order chi connectivity index (χ0) is 23.0. The lowest BCUT2D eigenvalue weighted by molar-refractivity contribution is -0.123. The van der Waals surface area contributed by atoms with Gasteiger partial charge in [0.05, 0.1) is 17.0 Å². The van der Waals surface area contributed by atoms with E-state index in [-0.39, 0.29) is 24.2 Å². The number of thiazole rings is 1. The van der Waals surface area contributed by atoms with Crippen LogP contribution in [-0.4, -0.2) is 29.9 Å². The van der Waals surface area contributed by atoms with Gasteiger partial charge in [0.25, 0.3) is 11.8 Å². The minimum Gasteiger partial charge on any atom is -0.484 e. The number of aryl methyl sites for hydroxylation is 1. The Kier molecular flexibility index (Phi) is 7.16. The molecule has 0 aliphatic rings. The normalized spacial score (nSPS) is 10.6. The molecule has 7 nitrogen and oxygen atoms in total. The van der Waals surface area contributed by atoms with Gasteiger partial charge in [0.2, 0.25) is 0 Å². The van der Waals surface area contributed by atoms with Gasteiger partial charge in [-0.3, -0.25) is 9.59 Å². The third-order valence-electron chi connectivity index (χ3n) is 4.81. The number of ether oxygens (including phenoxy) is 1. The zero-order valence-electron chi connectivity index (χ0n) is 18.0. The molecule has 0 saturated heterocycles. The van der Waals surface area contributed by atoms with Crippen LogP contribution in [0, 0.1) is 6.92 Å². The molecule has 168 valence electrons. The molecule has 2 heterocycles. The predicted octanol–water partition coefficient (Wildman–Crippen LogP) is 4.70. The van der Waals surface area contributed by atoms with Crippen molar-refractivity contribution in [2.75, 3.05) is 18.5 Å². The number of nitrogens with zero attached hydrogens (tertiary/aromatic N) is 1. The van der Waals surface area contributed by atoms with Gasteiger partial charge in [-0.2, -0.15) is 0 Å². The molecule has 4 aromatic rings. The van der Waals surface area contributed by atoms with Crippen molar-refractivity contribution in [1.82, 2.24) is 10.3 Å². The standard InChI is InChI=1S/C25H23N3O4S/c1-17-27-22(16-33-17)19-9-7-18(8-10-19)11-12-26-24(29)15-32-21-5-2-4-20(14-21)28-25(30)23-6-3-13-31-23/h2-10,13-14,16H,11-12,15H2,1H3,(H,26,29)(H,28,30). The van der Waals surface area contributed by atoms with Crippen LogP contribution in [0.25, 0.3) is 11.3 Å². The van der Waals surface area contributed by atoms with Gasteiger partial charge in [-0.1, -0.05) is 30.3 Å². The van der Waals surface area contributed by atoms with Crippen molar-refractivity contribution in [1.29, 1.82) is 0 Å². The summed E-state index contributed by atoms with van der Waals surface area (Å²) >= 11 is 1.63. The van der Waals surface area contributed by atoms with E-state index in [2.05, 4.69) is 27.8 Å². The monoisotopic (exact) mass is 461 g/mol. The van der Waals surface area contributed by atoms with Crippen molar-refractivity contribution in [3.05, 3.63) is 88.6 Å². The van der Waals surface area contributed by atoms with E-state index in [9.17, 15) is 9.59 Å².